The number of likely N-dealkylation sites (tertiary alicyclic amines) is 1. The SMILES string of the molecule is CCCC(C)(N)C(=O)NC1CCN(C(=O)C2CCCCC2)C1. The van der Waals surface area contributed by atoms with Gasteiger partial charge in [-0.25, -0.2) is 0 Å². The van der Waals surface area contributed by atoms with Gasteiger partial charge < -0.3 is 16.0 Å². The van der Waals surface area contributed by atoms with Crippen molar-refractivity contribution in [2.45, 2.75) is 76.8 Å². The third-order valence-corrected chi connectivity index (χ3v) is 5.08. The van der Waals surface area contributed by atoms with Crippen LogP contribution in [0, 0.1) is 5.92 Å². The van der Waals surface area contributed by atoms with Gasteiger partial charge in [-0.1, -0.05) is 32.6 Å². The number of rotatable bonds is 5. The Morgan fingerprint density at radius 1 is 1.23 bits per heavy atom. The smallest absolute Gasteiger partial charge is 0.240 e. The molecule has 2 amide bonds. The van der Waals surface area contributed by atoms with E-state index in [9.17, 15) is 9.59 Å². The van der Waals surface area contributed by atoms with Crippen LogP contribution in [0.2, 0.25) is 0 Å². The minimum Gasteiger partial charge on any atom is -0.350 e. The van der Waals surface area contributed by atoms with Gasteiger partial charge in [0.05, 0.1) is 5.54 Å². The molecule has 1 saturated carbocycles. The molecule has 0 bridgehead atoms. The summed E-state index contributed by atoms with van der Waals surface area (Å²) in [5, 5.41) is 3.03. The molecule has 0 aromatic rings. The zero-order chi connectivity index (χ0) is 16.2. The van der Waals surface area contributed by atoms with Gasteiger partial charge >= 0.3 is 0 Å². The summed E-state index contributed by atoms with van der Waals surface area (Å²) in [6.45, 7) is 5.21. The lowest BCUT2D eigenvalue weighted by molar-refractivity contribution is -0.135. The summed E-state index contributed by atoms with van der Waals surface area (Å²) in [7, 11) is 0. The average molecular weight is 309 g/mol. The number of carbonyl (C=O) groups excluding carboxylic acids is 2. The number of hydrogen-bond donors (Lipinski definition) is 2. The predicted octanol–water partition coefficient (Wildman–Crippen LogP) is 1.80. The van der Waals surface area contributed by atoms with Crippen LogP contribution in [0.1, 0.15) is 65.2 Å². The lowest BCUT2D eigenvalue weighted by Crippen LogP contribution is -2.54. The van der Waals surface area contributed by atoms with E-state index in [2.05, 4.69) is 5.32 Å². The van der Waals surface area contributed by atoms with E-state index in [1.54, 1.807) is 6.92 Å². The lowest BCUT2D eigenvalue weighted by atomic mass is 9.88. The van der Waals surface area contributed by atoms with E-state index in [0.717, 1.165) is 32.2 Å². The third kappa shape index (κ3) is 4.22. The highest BCUT2D eigenvalue weighted by atomic mass is 16.2. The molecule has 126 valence electrons. The van der Waals surface area contributed by atoms with Crippen LogP contribution in [0.25, 0.3) is 0 Å². The van der Waals surface area contributed by atoms with Crippen molar-refractivity contribution >= 4 is 11.8 Å². The van der Waals surface area contributed by atoms with E-state index in [4.69, 9.17) is 5.73 Å². The Morgan fingerprint density at radius 3 is 2.55 bits per heavy atom. The second kappa shape index (κ2) is 7.44. The molecule has 2 aliphatic rings. The first-order valence-corrected chi connectivity index (χ1v) is 8.82. The largest absolute Gasteiger partial charge is 0.350 e. The highest BCUT2D eigenvalue weighted by Gasteiger charge is 2.34. The highest BCUT2D eigenvalue weighted by molar-refractivity contribution is 5.86. The van der Waals surface area contributed by atoms with Gasteiger partial charge in [0, 0.05) is 25.0 Å². The molecule has 1 aliphatic heterocycles. The van der Waals surface area contributed by atoms with Crippen LogP contribution in [-0.4, -0.2) is 41.4 Å². The first-order valence-electron chi connectivity index (χ1n) is 8.82. The van der Waals surface area contributed by atoms with E-state index in [0.29, 0.717) is 18.9 Å². The average Bonchev–Trinajstić information content (AvgIpc) is 2.96. The Kier molecular flexibility index (Phi) is 5.84. The molecule has 1 saturated heterocycles. The Morgan fingerprint density at radius 2 is 1.91 bits per heavy atom. The summed E-state index contributed by atoms with van der Waals surface area (Å²) in [4.78, 5) is 26.7. The second-order valence-corrected chi connectivity index (χ2v) is 7.25. The van der Waals surface area contributed by atoms with E-state index in [1.165, 1.54) is 19.3 Å². The molecule has 2 unspecified atom stereocenters. The Balaban J connectivity index is 1.82. The molecular formula is C17H31N3O2. The molecule has 0 radical (unpaired) electrons. The van der Waals surface area contributed by atoms with Crippen LogP contribution >= 0.6 is 0 Å². The zero-order valence-electron chi connectivity index (χ0n) is 14.1. The molecule has 5 heteroatoms. The first-order chi connectivity index (χ1) is 10.4. The molecule has 2 rings (SSSR count). The van der Waals surface area contributed by atoms with Crippen molar-refractivity contribution in [3.8, 4) is 0 Å². The fourth-order valence-electron chi connectivity index (χ4n) is 3.67. The lowest BCUT2D eigenvalue weighted by Gasteiger charge is -2.27. The van der Waals surface area contributed by atoms with E-state index in [1.807, 2.05) is 11.8 Å². The summed E-state index contributed by atoms with van der Waals surface area (Å²) in [5.74, 6) is 0.412. The van der Waals surface area contributed by atoms with Gasteiger partial charge in [0.2, 0.25) is 11.8 Å². The fraction of sp³-hybridized carbons (Fsp3) is 0.882. The summed E-state index contributed by atoms with van der Waals surface area (Å²) in [6, 6.07) is 0.0553. The minimum atomic E-state index is -0.810. The van der Waals surface area contributed by atoms with Gasteiger partial charge in [0.1, 0.15) is 0 Å². The van der Waals surface area contributed by atoms with Crippen molar-refractivity contribution in [2.24, 2.45) is 11.7 Å². The molecule has 1 heterocycles. The van der Waals surface area contributed by atoms with E-state index >= 15 is 0 Å². The van der Waals surface area contributed by atoms with Crippen LogP contribution in [0.5, 0.6) is 0 Å². The van der Waals surface area contributed by atoms with Crippen molar-refractivity contribution in [3.05, 3.63) is 0 Å². The molecule has 0 aromatic heterocycles. The molecule has 22 heavy (non-hydrogen) atoms. The summed E-state index contributed by atoms with van der Waals surface area (Å²) in [6.07, 6.45) is 8.07. The van der Waals surface area contributed by atoms with Gasteiger partial charge in [-0.05, 0) is 32.6 Å². The van der Waals surface area contributed by atoms with Gasteiger partial charge in [-0.15, -0.1) is 0 Å². The van der Waals surface area contributed by atoms with Crippen molar-refractivity contribution in [3.63, 3.8) is 0 Å². The number of hydrogen-bond acceptors (Lipinski definition) is 3. The summed E-state index contributed by atoms with van der Waals surface area (Å²) < 4.78 is 0. The maximum absolute atomic E-state index is 12.5. The molecule has 2 atom stereocenters. The number of nitrogens with zero attached hydrogens (tertiary/aromatic N) is 1. The van der Waals surface area contributed by atoms with E-state index < -0.39 is 5.54 Å². The van der Waals surface area contributed by atoms with Gasteiger partial charge in [0.15, 0.2) is 0 Å². The highest BCUT2D eigenvalue weighted by Crippen LogP contribution is 2.26. The van der Waals surface area contributed by atoms with Crippen LogP contribution in [-0.2, 0) is 9.59 Å². The number of carbonyl (C=O) groups is 2. The number of amides is 2. The normalized spacial score (nSPS) is 25.8. The van der Waals surface area contributed by atoms with Crippen molar-refractivity contribution in [2.75, 3.05) is 13.1 Å². The monoisotopic (exact) mass is 309 g/mol. The van der Waals surface area contributed by atoms with Crippen LogP contribution in [0.4, 0.5) is 0 Å². The molecule has 5 nitrogen and oxygen atoms in total. The first kappa shape index (κ1) is 17.3. The molecule has 3 N–H and O–H groups in total. The Labute approximate surface area is 134 Å². The summed E-state index contributed by atoms with van der Waals surface area (Å²) >= 11 is 0. The molecular weight excluding hydrogens is 278 g/mol. The summed E-state index contributed by atoms with van der Waals surface area (Å²) in [5.41, 5.74) is 5.26. The Bertz CT molecular complexity index is 403. The maximum atomic E-state index is 12.5. The molecule has 1 aliphatic carbocycles. The van der Waals surface area contributed by atoms with Crippen molar-refractivity contribution in [1.29, 1.82) is 0 Å². The van der Waals surface area contributed by atoms with Gasteiger partial charge in [-0.3, -0.25) is 9.59 Å². The predicted molar refractivity (Wildman–Crippen MR) is 87.2 cm³/mol. The minimum absolute atomic E-state index is 0.0553. The van der Waals surface area contributed by atoms with Crippen LogP contribution in [0.3, 0.4) is 0 Å². The van der Waals surface area contributed by atoms with Crippen molar-refractivity contribution in [1.82, 2.24) is 10.2 Å². The fourth-order valence-corrected chi connectivity index (χ4v) is 3.67. The maximum Gasteiger partial charge on any atom is 0.240 e. The molecule has 0 aromatic carbocycles. The Hall–Kier alpha value is -1.10. The molecule has 0 spiro atoms. The third-order valence-electron chi connectivity index (χ3n) is 5.08. The number of nitrogens with one attached hydrogen (secondary N) is 1. The number of nitrogens with two attached hydrogens (primary N) is 1. The van der Waals surface area contributed by atoms with Crippen LogP contribution < -0.4 is 11.1 Å². The van der Waals surface area contributed by atoms with Gasteiger partial charge in [-0.2, -0.15) is 0 Å². The topological polar surface area (TPSA) is 75.4 Å². The standard InChI is InChI=1S/C17H31N3O2/c1-3-10-17(2,18)16(22)19-14-9-11-20(12-14)15(21)13-7-5-4-6-8-13/h13-14H,3-12,18H2,1-2H3,(H,19,22). The van der Waals surface area contributed by atoms with Crippen molar-refractivity contribution < 1.29 is 9.59 Å². The van der Waals surface area contributed by atoms with Crippen LogP contribution in [0.15, 0.2) is 0 Å². The van der Waals surface area contributed by atoms with E-state index in [-0.39, 0.29) is 17.9 Å². The zero-order valence-corrected chi connectivity index (χ0v) is 14.1. The molecule has 2 fully saturated rings. The van der Waals surface area contributed by atoms with Gasteiger partial charge in [0.25, 0.3) is 0 Å². The quantitative estimate of drug-likeness (QED) is 0.813. The second-order valence-electron chi connectivity index (χ2n) is 7.25.